The van der Waals surface area contributed by atoms with Crippen molar-refractivity contribution in [2.24, 2.45) is 0 Å². The summed E-state index contributed by atoms with van der Waals surface area (Å²) in [6.07, 6.45) is 7.51. The molecule has 0 heterocycles. The first-order chi connectivity index (χ1) is 19.6. The largest absolute Gasteiger partial charge is 0.497 e. The lowest BCUT2D eigenvalue weighted by Crippen LogP contribution is -2.19. The van der Waals surface area contributed by atoms with Crippen molar-refractivity contribution < 1.29 is 17.9 Å². The quantitative estimate of drug-likeness (QED) is 0.193. The Morgan fingerprint density at radius 3 is 1.15 bits per heavy atom. The molecule has 0 fully saturated rings. The Hall–Kier alpha value is -4.09. The molecule has 0 amide bonds. The number of aryl methyl sites for hydroxylation is 4. The van der Waals surface area contributed by atoms with Crippen LogP contribution in [-0.2, 0) is 9.84 Å². The lowest BCUT2D eigenvalue weighted by Gasteiger charge is -2.22. The van der Waals surface area contributed by atoms with Gasteiger partial charge in [0.1, 0.15) is 22.0 Å². The van der Waals surface area contributed by atoms with Gasteiger partial charge in [-0.05, 0) is 96.5 Å². The fourth-order valence-electron chi connectivity index (χ4n) is 5.11. The van der Waals surface area contributed by atoms with Gasteiger partial charge in [-0.15, -0.1) is 0 Å². The van der Waals surface area contributed by atoms with Gasteiger partial charge in [-0.25, -0.2) is 8.42 Å². The van der Waals surface area contributed by atoms with Gasteiger partial charge < -0.3 is 9.47 Å². The van der Waals surface area contributed by atoms with Gasteiger partial charge in [-0.3, -0.25) is 0 Å². The van der Waals surface area contributed by atoms with Crippen molar-refractivity contribution in [1.29, 1.82) is 0 Å². The molecule has 0 saturated heterocycles. The zero-order valence-electron chi connectivity index (χ0n) is 24.6. The van der Waals surface area contributed by atoms with Crippen molar-refractivity contribution in [2.75, 3.05) is 14.2 Å². The smallest absolute Gasteiger partial charge is 0.171 e. The molecule has 0 radical (unpaired) electrons. The minimum absolute atomic E-state index is 0.672. The maximum Gasteiger partial charge on any atom is 0.171 e. The molecule has 0 aliphatic heterocycles. The van der Waals surface area contributed by atoms with Crippen molar-refractivity contribution in [2.45, 2.75) is 38.2 Å². The van der Waals surface area contributed by atoms with Crippen molar-refractivity contribution >= 4 is 22.0 Å². The SMILES string of the molecule is COc1ccc(C(C=Cc2c(C)cccc2C)S(=O)(=O)C(C=Cc2c(C)cccc2C)c2ccc(OC)cc2)cc1. The third kappa shape index (κ3) is 6.80. The monoisotopic (exact) mass is 566 g/mol. The summed E-state index contributed by atoms with van der Waals surface area (Å²) in [4.78, 5) is 0. The van der Waals surface area contributed by atoms with Crippen molar-refractivity contribution in [3.63, 3.8) is 0 Å². The molecule has 4 aromatic rings. The summed E-state index contributed by atoms with van der Waals surface area (Å²) < 4.78 is 40.2. The molecular weight excluding hydrogens is 528 g/mol. The second-order valence-electron chi connectivity index (χ2n) is 10.3. The van der Waals surface area contributed by atoms with Gasteiger partial charge in [0.25, 0.3) is 0 Å². The van der Waals surface area contributed by atoms with E-state index in [1.165, 1.54) is 0 Å². The Kier molecular flexibility index (Phi) is 9.51. The highest BCUT2D eigenvalue weighted by atomic mass is 32.2. The van der Waals surface area contributed by atoms with Crippen LogP contribution in [0.5, 0.6) is 11.5 Å². The highest BCUT2D eigenvalue weighted by Crippen LogP contribution is 2.38. The first-order valence-corrected chi connectivity index (χ1v) is 15.3. The summed E-state index contributed by atoms with van der Waals surface area (Å²) in [6.45, 7) is 8.15. The molecule has 0 spiro atoms. The molecule has 0 saturated carbocycles. The van der Waals surface area contributed by atoms with Crippen molar-refractivity contribution in [3.8, 4) is 11.5 Å². The molecule has 0 N–H and O–H groups in total. The number of ether oxygens (including phenoxy) is 2. The third-order valence-electron chi connectivity index (χ3n) is 7.56. The topological polar surface area (TPSA) is 52.6 Å². The Labute approximate surface area is 244 Å². The Morgan fingerprint density at radius 2 is 0.854 bits per heavy atom. The zero-order valence-corrected chi connectivity index (χ0v) is 25.4. The molecule has 0 bridgehead atoms. The van der Waals surface area contributed by atoms with Crippen LogP contribution in [0.3, 0.4) is 0 Å². The fraction of sp³-hybridized carbons (Fsp3) is 0.222. The van der Waals surface area contributed by atoms with E-state index in [1.807, 2.05) is 113 Å². The number of methoxy groups -OCH3 is 2. The lowest BCUT2D eigenvalue weighted by atomic mass is 10.0. The molecule has 4 nitrogen and oxygen atoms in total. The number of rotatable bonds is 10. The van der Waals surface area contributed by atoms with Crippen LogP contribution in [0.1, 0.15) is 55.0 Å². The first kappa shape index (κ1) is 29.9. The summed E-state index contributed by atoms with van der Waals surface area (Å²) in [5.41, 5.74) is 7.76. The molecule has 0 aliphatic rings. The lowest BCUT2D eigenvalue weighted by molar-refractivity contribution is 0.414. The molecule has 0 aromatic heterocycles. The fourth-order valence-corrected chi connectivity index (χ4v) is 7.10. The maximum absolute atomic E-state index is 14.8. The number of hydrogen-bond acceptors (Lipinski definition) is 4. The number of sulfone groups is 1. The van der Waals surface area contributed by atoms with Crippen molar-refractivity contribution in [1.82, 2.24) is 0 Å². The summed E-state index contributed by atoms with van der Waals surface area (Å²) in [5, 5.41) is -1.80. The maximum atomic E-state index is 14.8. The summed E-state index contributed by atoms with van der Waals surface area (Å²) in [7, 11) is -0.657. The standard InChI is InChI=1S/C36H38O4S/c1-25-9-7-10-26(2)33(25)21-23-35(29-13-17-31(39-5)18-14-29)41(37,38)36(30-15-19-32(40-6)20-16-30)24-22-34-27(3)11-8-12-28(34)4/h7-24,35-36H,1-6H3. The molecule has 2 atom stereocenters. The number of hydrogen-bond donors (Lipinski definition) is 0. The average molecular weight is 567 g/mol. The highest BCUT2D eigenvalue weighted by Gasteiger charge is 2.33. The van der Waals surface area contributed by atoms with Gasteiger partial charge in [0.2, 0.25) is 0 Å². The van der Waals surface area contributed by atoms with Gasteiger partial charge in [-0.1, -0.05) is 85.0 Å². The van der Waals surface area contributed by atoms with E-state index in [4.69, 9.17) is 9.47 Å². The Morgan fingerprint density at radius 1 is 0.537 bits per heavy atom. The van der Waals surface area contributed by atoms with Gasteiger partial charge >= 0.3 is 0 Å². The minimum Gasteiger partial charge on any atom is -0.497 e. The van der Waals surface area contributed by atoms with Gasteiger partial charge in [0.15, 0.2) is 9.84 Å². The van der Waals surface area contributed by atoms with Crippen LogP contribution in [0.15, 0.2) is 97.1 Å². The molecule has 4 rings (SSSR count). The molecule has 5 heteroatoms. The van der Waals surface area contributed by atoms with E-state index in [2.05, 4.69) is 0 Å². The predicted octanol–water partition coefficient (Wildman–Crippen LogP) is 8.56. The minimum atomic E-state index is -3.86. The zero-order chi connectivity index (χ0) is 29.6. The van der Waals surface area contributed by atoms with Gasteiger partial charge in [-0.2, -0.15) is 0 Å². The van der Waals surface area contributed by atoms with Crippen LogP contribution in [0, 0.1) is 27.7 Å². The van der Waals surface area contributed by atoms with E-state index in [1.54, 1.807) is 38.5 Å². The molecule has 2 unspecified atom stereocenters. The van der Waals surface area contributed by atoms with E-state index in [0.29, 0.717) is 22.6 Å². The van der Waals surface area contributed by atoms with Crippen LogP contribution in [-0.4, -0.2) is 22.6 Å². The normalized spacial score (nSPS) is 13.4. The van der Waals surface area contributed by atoms with Gasteiger partial charge in [0, 0.05) is 0 Å². The molecule has 212 valence electrons. The average Bonchev–Trinajstić information content (AvgIpc) is 2.96. The van der Waals surface area contributed by atoms with E-state index < -0.39 is 20.3 Å². The second-order valence-corrected chi connectivity index (χ2v) is 12.5. The summed E-state index contributed by atoms with van der Waals surface area (Å²) in [6, 6.07) is 26.7. The first-order valence-electron chi connectivity index (χ1n) is 13.6. The van der Waals surface area contributed by atoms with Crippen LogP contribution in [0.25, 0.3) is 12.2 Å². The summed E-state index contributed by atoms with van der Waals surface area (Å²) in [5.74, 6) is 1.34. The van der Waals surface area contributed by atoms with E-state index in [9.17, 15) is 8.42 Å². The second kappa shape index (κ2) is 13.0. The molecular formula is C36H38O4S. The number of benzene rings is 4. The van der Waals surface area contributed by atoms with Crippen molar-refractivity contribution in [3.05, 3.63) is 142 Å². The van der Waals surface area contributed by atoms with Crippen LogP contribution >= 0.6 is 0 Å². The molecule has 41 heavy (non-hydrogen) atoms. The van der Waals surface area contributed by atoms with Crippen LogP contribution < -0.4 is 9.47 Å². The predicted molar refractivity (Wildman–Crippen MR) is 170 cm³/mol. The van der Waals surface area contributed by atoms with Crippen LogP contribution in [0.2, 0.25) is 0 Å². The highest BCUT2D eigenvalue weighted by molar-refractivity contribution is 7.92. The summed E-state index contributed by atoms with van der Waals surface area (Å²) >= 11 is 0. The van der Waals surface area contributed by atoms with E-state index in [-0.39, 0.29) is 0 Å². The molecule has 0 aliphatic carbocycles. The van der Waals surface area contributed by atoms with E-state index >= 15 is 0 Å². The molecule has 4 aromatic carbocycles. The van der Waals surface area contributed by atoms with E-state index in [0.717, 1.165) is 33.4 Å². The van der Waals surface area contributed by atoms with Crippen LogP contribution in [0.4, 0.5) is 0 Å². The third-order valence-corrected chi connectivity index (χ3v) is 9.83. The van der Waals surface area contributed by atoms with Gasteiger partial charge in [0.05, 0.1) is 14.2 Å². The Balaban J connectivity index is 1.89. The Bertz CT molecular complexity index is 1490.